The molecule has 1 aromatic carbocycles. The van der Waals surface area contributed by atoms with Gasteiger partial charge in [-0.3, -0.25) is 4.79 Å². The Balaban J connectivity index is 1.63. The van der Waals surface area contributed by atoms with Crippen LogP contribution in [0.4, 0.5) is 5.69 Å². The molecule has 1 atom stereocenters. The Morgan fingerprint density at radius 3 is 2.83 bits per heavy atom. The second-order valence-corrected chi connectivity index (χ2v) is 5.74. The van der Waals surface area contributed by atoms with E-state index in [0.29, 0.717) is 17.9 Å². The summed E-state index contributed by atoms with van der Waals surface area (Å²) in [6.45, 7) is 2.93. The van der Waals surface area contributed by atoms with Gasteiger partial charge >= 0.3 is 0 Å². The normalized spacial score (nSPS) is 25.9. The quantitative estimate of drug-likeness (QED) is 0.748. The van der Waals surface area contributed by atoms with Gasteiger partial charge in [0.1, 0.15) is 0 Å². The number of hydrogen-bond donors (Lipinski definition) is 0. The van der Waals surface area contributed by atoms with E-state index in [0.717, 1.165) is 38.9 Å². The van der Waals surface area contributed by atoms with Gasteiger partial charge in [-0.05, 0) is 30.9 Å². The number of para-hydroxylation sites is 1. The van der Waals surface area contributed by atoms with Crippen LogP contribution in [0.5, 0.6) is 0 Å². The summed E-state index contributed by atoms with van der Waals surface area (Å²) in [6, 6.07) is 9.04. The highest BCUT2D eigenvalue weighted by Crippen LogP contribution is 2.36. The Bertz CT molecular complexity index is 495. The van der Waals surface area contributed by atoms with E-state index >= 15 is 0 Å². The second kappa shape index (κ2) is 3.74. The summed E-state index contributed by atoms with van der Waals surface area (Å²) < 4.78 is 0. The van der Waals surface area contributed by atoms with Crippen LogP contribution in [0.2, 0.25) is 0 Å². The molecule has 1 saturated heterocycles. The van der Waals surface area contributed by atoms with Crippen molar-refractivity contribution in [2.75, 3.05) is 24.5 Å². The Morgan fingerprint density at radius 2 is 2.00 bits per heavy atom. The van der Waals surface area contributed by atoms with E-state index in [1.54, 1.807) is 0 Å². The molecule has 3 nitrogen and oxygen atoms in total. The molecule has 0 radical (unpaired) electrons. The predicted molar refractivity (Wildman–Crippen MR) is 70.6 cm³/mol. The van der Waals surface area contributed by atoms with E-state index in [1.807, 2.05) is 0 Å². The van der Waals surface area contributed by atoms with Gasteiger partial charge in [0.25, 0.3) is 0 Å². The van der Waals surface area contributed by atoms with Gasteiger partial charge in [-0.2, -0.15) is 0 Å². The molecule has 94 valence electrons. The van der Waals surface area contributed by atoms with Gasteiger partial charge in [0, 0.05) is 31.2 Å². The van der Waals surface area contributed by atoms with Gasteiger partial charge < -0.3 is 9.80 Å². The van der Waals surface area contributed by atoms with E-state index in [-0.39, 0.29) is 0 Å². The van der Waals surface area contributed by atoms with Crippen molar-refractivity contribution in [2.45, 2.75) is 25.3 Å². The van der Waals surface area contributed by atoms with Gasteiger partial charge in [-0.25, -0.2) is 0 Å². The Hall–Kier alpha value is -1.51. The van der Waals surface area contributed by atoms with E-state index in [2.05, 4.69) is 34.1 Å². The monoisotopic (exact) mass is 242 g/mol. The highest BCUT2D eigenvalue weighted by Gasteiger charge is 2.40. The molecule has 2 bridgehead atoms. The average Bonchev–Trinajstić information content (AvgIpc) is 3.23. The van der Waals surface area contributed by atoms with Crippen LogP contribution in [-0.2, 0) is 11.2 Å². The number of amides is 1. The molecular weight excluding hydrogens is 224 g/mol. The first-order chi connectivity index (χ1) is 8.83. The number of fused-ring (bicyclic) bond motifs is 4. The summed E-state index contributed by atoms with van der Waals surface area (Å²) in [4.78, 5) is 16.9. The molecular formula is C15H18N2O. The molecule has 1 unspecified atom stereocenters. The van der Waals surface area contributed by atoms with Crippen molar-refractivity contribution < 1.29 is 4.79 Å². The molecule has 1 aliphatic carbocycles. The minimum absolute atomic E-state index is 0.355. The smallest absolute Gasteiger partial charge is 0.226 e. The minimum atomic E-state index is 0.355. The molecule has 2 fully saturated rings. The summed E-state index contributed by atoms with van der Waals surface area (Å²) in [5.41, 5.74) is 2.79. The van der Waals surface area contributed by atoms with Gasteiger partial charge in [0.05, 0.1) is 6.04 Å². The predicted octanol–water partition coefficient (Wildman–Crippen LogP) is 1.67. The number of hydrogen-bond acceptors (Lipinski definition) is 2. The van der Waals surface area contributed by atoms with Crippen molar-refractivity contribution in [3.8, 4) is 0 Å². The maximum absolute atomic E-state index is 12.3. The van der Waals surface area contributed by atoms with Crippen LogP contribution in [0.3, 0.4) is 0 Å². The summed E-state index contributed by atoms with van der Waals surface area (Å²) >= 11 is 0. The summed E-state index contributed by atoms with van der Waals surface area (Å²) in [6.07, 6.45) is 3.26. The molecule has 0 N–H and O–H groups in total. The number of anilines is 1. The highest BCUT2D eigenvalue weighted by molar-refractivity contribution is 5.82. The molecule has 4 rings (SSSR count). The lowest BCUT2D eigenvalue weighted by molar-refractivity contribution is -0.135. The molecule has 0 aromatic heterocycles. The third-order valence-electron chi connectivity index (χ3n) is 4.48. The third-order valence-corrected chi connectivity index (χ3v) is 4.48. The van der Waals surface area contributed by atoms with Crippen LogP contribution in [-0.4, -0.2) is 36.5 Å². The maximum Gasteiger partial charge on any atom is 0.226 e. The molecule has 1 saturated carbocycles. The lowest BCUT2D eigenvalue weighted by Crippen LogP contribution is -2.58. The Morgan fingerprint density at radius 1 is 1.17 bits per heavy atom. The first-order valence-corrected chi connectivity index (χ1v) is 6.96. The number of carbonyl (C=O) groups is 1. The minimum Gasteiger partial charge on any atom is -0.367 e. The van der Waals surface area contributed by atoms with Crippen LogP contribution in [0.25, 0.3) is 0 Å². The molecule has 18 heavy (non-hydrogen) atoms. The molecule has 1 amide bonds. The number of piperazine rings is 1. The van der Waals surface area contributed by atoms with Crippen LogP contribution in [0, 0.1) is 5.92 Å². The summed E-state index contributed by atoms with van der Waals surface area (Å²) in [5, 5.41) is 0. The van der Waals surface area contributed by atoms with Crippen molar-refractivity contribution in [3.63, 3.8) is 0 Å². The van der Waals surface area contributed by atoms with Gasteiger partial charge in [-0.1, -0.05) is 18.2 Å². The number of rotatable bonds is 1. The highest BCUT2D eigenvalue weighted by atomic mass is 16.2. The number of carbonyl (C=O) groups excluding carboxylic acids is 1. The lowest BCUT2D eigenvalue weighted by atomic mass is 9.94. The van der Waals surface area contributed by atoms with Crippen LogP contribution in [0.1, 0.15) is 18.4 Å². The Kier molecular flexibility index (Phi) is 2.16. The first-order valence-electron chi connectivity index (χ1n) is 6.96. The fraction of sp³-hybridized carbons (Fsp3) is 0.533. The summed E-state index contributed by atoms with van der Waals surface area (Å²) in [5.74, 6) is 0.771. The fourth-order valence-electron chi connectivity index (χ4n) is 3.35. The van der Waals surface area contributed by atoms with E-state index in [9.17, 15) is 4.79 Å². The van der Waals surface area contributed by atoms with Crippen LogP contribution >= 0.6 is 0 Å². The SMILES string of the molecule is O=C(C1CC1)N1CCN2CC1Cc1ccccc12. The standard InChI is InChI=1S/C15H18N2O/c18-15(11-5-6-11)17-8-7-16-10-13(17)9-12-3-1-2-4-14(12)16/h1-4,11,13H,5-10H2. The van der Waals surface area contributed by atoms with Gasteiger partial charge in [0.2, 0.25) is 5.91 Å². The molecule has 3 heteroatoms. The van der Waals surface area contributed by atoms with Crippen molar-refractivity contribution in [3.05, 3.63) is 29.8 Å². The summed E-state index contributed by atoms with van der Waals surface area (Å²) in [7, 11) is 0. The van der Waals surface area contributed by atoms with Crippen molar-refractivity contribution in [2.24, 2.45) is 5.92 Å². The third kappa shape index (κ3) is 1.53. The van der Waals surface area contributed by atoms with Gasteiger partial charge in [0.15, 0.2) is 0 Å². The van der Waals surface area contributed by atoms with Gasteiger partial charge in [-0.15, -0.1) is 0 Å². The second-order valence-electron chi connectivity index (χ2n) is 5.74. The maximum atomic E-state index is 12.3. The Labute approximate surface area is 107 Å². The first kappa shape index (κ1) is 10.4. The van der Waals surface area contributed by atoms with Crippen molar-refractivity contribution in [1.82, 2.24) is 4.90 Å². The fourth-order valence-corrected chi connectivity index (χ4v) is 3.35. The van der Waals surface area contributed by atoms with E-state index in [1.165, 1.54) is 11.3 Å². The molecule has 0 spiro atoms. The van der Waals surface area contributed by atoms with E-state index in [4.69, 9.17) is 0 Å². The zero-order valence-corrected chi connectivity index (χ0v) is 10.5. The van der Waals surface area contributed by atoms with E-state index < -0.39 is 0 Å². The van der Waals surface area contributed by atoms with Crippen molar-refractivity contribution >= 4 is 11.6 Å². The molecule has 2 heterocycles. The lowest BCUT2D eigenvalue weighted by Gasteiger charge is -2.46. The van der Waals surface area contributed by atoms with Crippen LogP contribution < -0.4 is 4.90 Å². The zero-order valence-electron chi connectivity index (χ0n) is 10.5. The molecule has 3 aliphatic rings. The topological polar surface area (TPSA) is 23.6 Å². The zero-order chi connectivity index (χ0) is 12.1. The van der Waals surface area contributed by atoms with Crippen LogP contribution in [0.15, 0.2) is 24.3 Å². The molecule has 1 aromatic rings. The largest absolute Gasteiger partial charge is 0.367 e. The number of nitrogens with zero attached hydrogens (tertiary/aromatic N) is 2. The number of benzene rings is 1. The average molecular weight is 242 g/mol. The molecule has 2 aliphatic heterocycles. The van der Waals surface area contributed by atoms with Crippen molar-refractivity contribution in [1.29, 1.82) is 0 Å².